The topological polar surface area (TPSA) is 54.8 Å². The molecule has 4 rings (SSSR count). The molecule has 3 aromatic rings. The highest BCUT2D eigenvalue weighted by Crippen LogP contribution is 2.28. The third kappa shape index (κ3) is 4.38. The summed E-state index contributed by atoms with van der Waals surface area (Å²) < 4.78 is 7.89. The summed E-state index contributed by atoms with van der Waals surface area (Å²) >= 11 is 5.96. The second-order valence-electron chi connectivity index (χ2n) is 8.46. The van der Waals surface area contributed by atoms with Crippen LogP contribution in [0.3, 0.4) is 0 Å². The van der Waals surface area contributed by atoms with Crippen molar-refractivity contribution in [2.45, 2.75) is 25.5 Å². The van der Waals surface area contributed by atoms with Crippen molar-refractivity contribution in [1.29, 1.82) is 0 Å². The number of hydrogen-bond acceptors (Lipinski definition) is 4. The van der Waals surface area contributed by atoms with Crippen LogP contribution in [-0.4, -0.2) is 59.3 Å². The van der Waals surface area contributed by atoms with Crippen molar-refractivity contribution in [1.82, 2.24) is 14.4 Å². The molecular formula is C25H28ClN3O3. The first-order valence-corrected chi connectivity index (χ1v) is 11.2. The molecule has 0 bridgehead atoms. The number of likely N-dealkylation sites (tertiary alicyclic amines) is 1. The lowest BCUT2D eigenvalue weighted by Gasteiger charge is -2.34. The van der Waals surface area contributed by atoms with Crippen LogP contribution >= 0.6 is 11.6 Å². The summed E-state index contributed by atoms with van der Waals surface area (Å²) in [6.45, 7) is 1.35. The molecule has 0 N–H and O–H groups in total. The number of aromatic nitrogens is 1. The molecular weight excluding hydrogens is 426 g/mol. The summed E-state index contributed by atoms with van der Waals surface area (Å²) in [5, 5.41) is 1.40. The SMILES string of the molecule is CN(C)C1CCN(C(=O)C(=O)c2c(COc3ccc(Cl)cc3)n(C)c3ccccc23)CC1. The Hall–Kier alpha value is -2.83. The van der Waals surface area contributed by atoms with Crippen molar-refractivity contribution in [3.05, 3.63) is 64.8 Å². The van der Waals surface area contributed by atoms with Gasteiger partial charge in [0.1, 0.15) is 12.4 Å². The Morgan fingerprint density at radius 3 is 2.38 bits per heavy atom. The number of carbonyl (C=O) groups excluding carboxylic acids is 2. The number of Topliss-reactive ketones (excluding diaryl/α,β-unsaturated/α-hetero) is 1. The van der Waals surface area contributed by atoms with Crippen LogP contribution in [0.25, 0.3) is 10.9 Å². The molecule has 32 heavy (non-hydrogen) atoms. The Morgan fingerprint density at radius 2 is 1.72 bits per heavy atom. The van der Waals surface area contributed by atoms with Gasteiger partial charge in [0.15, 0.2) is 0 Å². The molecule has 0 atom stereocenters. The monoisotopic (exact) mass is 453 g/mol. The van der Waals surface area contributed by atoms with E-state index < -0.39 is 11.7 Å². The van der Waals surface area contributed by atoms with Crippen LogP contribution in [0, 0.1) is 0 Å². The van der Waals surface area contributed by atoms with Gasteiger partial charge in [-0.15, -0.1) is 0 Å². The van der Waals surface area contributed by atoms with Crippen LogP contribution in [-0.2, 0) is 18.4 Å². The molecule has 6 nitrogen and oxygen atoms in total. The number of ketones is 1. The molecule has 2 heterocycles. The van der Waals surface area contributed by atoms with Crippen LogP contribution in [0.5, 0.6) is 5.75 Å². The second kappa shape index (κ2) is 9.35. The summed E-state index contributed by atoms with van der Waals surface area (Å²) in [4.78, 5) is 30.5. The van der Waals surface area contributed by atoms with Gasteiger partial charge in [-0.05, 0) is 57.3 Å². The fraction of sp³-hybridized carbons (Fsp3) is 0.360. The van der Waals surface area contributed by atoms with E-state index in [1.165, 1.54) is 0 Å². The summed E-state index contributed by atoms with van der Waals surface area (Å²) in [7, 11) is 6.00. The molecule has 1 aliphatic heterocycles. The van der Waals surface area contributed by atoms with Gasteiger partial charge >= 0.3 is 0 Å². The van der Waals surface area contributed by atoms with Gasteiger partial charge in [0.25, 0.3) is 11.7 Å². The van der Waals surface area contributed by atoms with Crippen LogP contribution in [0.4, 0.5) is 0 Å². The zero-order chi connectivity index (χ0) is 22.8. The van der Waals surface area contributed by atoms with Gasteiger partial charge in [0, 0.05) is 42.1 Å². The second-order valence-corrected chi connectivity index (χ2v) is 8.89. The smallest absolute Gasteiger partial charge is 0.295 e. The fourth-order valence-corrected chi connectivity index (χ4v) is 4.51. The molecule has 0 radical (unpaired) electrons. The lowest BCUT2D eigenvalue weighted by molar-refractivity contribution is -0.127. The van der Waals surface area contributed by atoms with Crippen molar-refractivity contribution in [3.63, 3.8) is 0 Å². The number of ether oxygens (including phenoxy) is 1. The van der Waals surface area contributed by atoms with Crippen molar-refractivity contribution in [3.8, 4) is 5.75 Å². The van der Waals surface area contributed by atoms with Crippen LogP contribution in [0.2, 0.25) is 5.02 Å². The van der Waals surface area contributed by atoms with Gasteiger partial charge in [-0.2, -0.15) is 0 Å². The number of piperidine rings is 1. The number of nitrogens with zero attached hydrogens (tertiary/aromatic N) is 3. The van der Waals surface area contributed by atoms with Gasteiger partial charge in [-0.1, -0.05) is 29.8 Å². The van der Waals surface area contributed by atoms with Crippen LogP contribution in [0.15, 0.2) is 48.5 Å². The fourth-order valence-electron chi connectivity index (χ4n) is 4.39. The predicted octanol–water partition coefficient (Wildman–Crippen LogP) is 4.15. The van der Waals surface area contributed by atoms with Crippen molar-refractivity contribution in [2.24, 2.45) is 7.05 Å². The number of aryl methyl sites for hydroxylation is 1. The number of halogens is 1. The molecule has 2 aromatic carbocycles. The maximum atomic E-state index is 13.5. The maximum absolute atomic E-state index is 13.5. The summed E-state index contributed by atoms with van der Waals surface area (Å²) in [6.07, 6.45) is 1.74. The Balaban J connectivity index is 1.62. The summed E-state index contributed by atoms with van der Waals surface area (Å²) in [6, 6.07) is 15.2. The number of hydrogen-bond donors (Lipinski definition) is 0. The van der Waals surface area contributed by atoms with Crippen LogP contribution < -0.4 is 4.74 Å². The number of benzene rings is 2. The largest absolute Gasteiger partial charge is 0.487 e. The highest BCUT2D eigenvalue weighted by molar-refractivity contribution is 6.45. The van der Waals surface area contributed by atoms with Crippen LogP contribution in [0.1, 0.15) is 28.9 Å². The zero-order valence-electron chi connectivity index (χ0n) is 18.7. The Morgan fingerprint density at radius 1 is 1.06 bits per heavy atom. The van der Waals surface area contributed by atoms with Gasteiger partial charge < -0.3 is 19.1 Å². The van der Waals surface area contributed by atoms with Crippen molar-refractivity contribution >= 4 is 34.2 Å². The lowest BCUT2D eigenvalue weighted by Crippen LogP contribution is -2.46. The Bertz CT molecular complexity index is 1130. The van der Waals surface area contributed by atoms with Gasteiger partial charge in [0.05, 0.1) is 11.3 Å². The molecule has 0 saturated carbocycles. The van der Waals surface area contributed by atoms with Crippen molar-refractivity contribution in [2.75, 3.05) is 27.2 Å². The van der Waals surface area contributed by atoms with Gasteiger partial charge in [-0.25, -0.2) is 0 Å². The number of fused-ring (bicyclic) bond motifs is 1. The Kier molecular flexibility index (Phi) is 6.53. The Labute approximate surface area is 193 Å². The molecule has 1 fully saturated rings. The van der Waals surface area contributed by atoms with E-state index in [4.69, 9.17) is 16.3 Å². The maximum Gasteiger partial charge on any atom is 0.295 e. The molecule has 1 aliphatic rings. The normalized spacial score (nSPS) is 14.8. The average molecular weight is 454 g/mol. The number of amides is 1. The first kappa shape index (κ1) is 22.4. The minimum Gasteiger partial charge on any atom is -0.487 e. The first-order valence-electron chi connectivity index (χ1n) is 10.8. The molecule has 1 saturated heterocycles. The summed E-state index contributed by atoms with van der Waals surface area (Å²) in [5.74, 6) is -0.263. The molecule has 1 amide bonds. The lowest BCUT2D eigenvalue weighted by atomic mass is 10.0. The molecule has 0 spiro atoms. The average Bonchev–Trinajstić information content (AvgIpc) is 3.09. The highest BCUT2D eigenvalue weighted by Gasteiger charge is 2.32. The van der Waals surface area contributed by atoms with E-state index in [9.17, 15) is 9.59 Å². The van der Waals surface area contributed by atoms with Gasteiger partial charge in [0.2, 0.25) is 0 Å². The molecule has 1 aromatic heterocycles. The number of carbonyl (C=O) groups is 2. The van der Waals surface area contributed by atoms with Crippen molar-refractivity contribution < 1.29 is 14.3 Å². The van der Waals surface area contributed by atoms with E-state index in [2.05, 4.69) is 19.0 Å². The predicted molar refractivity (Wildman–Crippen MR) is 126 cm³/mol. The molecule has 7 heteroatoms. The van der Waals surface area contributed by atoms with E-state index in [1.54, 1.807) is 29.2 Å². The molecule has 0 unspecified atom stereocenters. The van der Waals surface area contributed by atoms with E-state index in [0.29, 0.717) is 41.2 Å². The van der Waals surface area contributed by atoms with E-state index in [0.717, 1.165) is 23.7 Å². The van der Waals surface area contributed by atoms with E-state index >= 15 is 0 Å². The molecule has 168 valence electrons. The zero-order valence-corrected chi connectivity index (χ0v) is 19.4. The first-order chi connectivity index (χ1) is 15.4. The quantitative estimate of drug-likeness (QED) is 0.415. The third-order valence-electron chi connectivity index (χ3n) is 6.32. The van der Waals surface area contributed by atoms with Gasteiger partial charge in [-0.3, -0.25) is 9.59 Å². The number of rotatable bonds is 6. The minimum atomic E-state index is -0.472. The summed E-state index contributed by atoms with van der Waals surface area (Å²) in [5.41, 5.74) is 2.00. The minimum absolute atomic E-state index is 0.171. The third-order valence-corrected chi connectivity index (χ3v) is 6.57. The highest BCUT2D eigenvalue weighted by atomic mass is 35.5. The standard InChI is InChI=1S/C25H28ClN3O3/c1-27(2)18-12-14-29(15-13-18)25(31)24(30)23-20-6-4-5-7-21(20)28(3)22(23)16-32-19-10-8-17(26)9-11-19/h4-11,18H,12-16H2,1-3H3. The molecule has 0 aliphatic carbocycles. The van der Waals surface area contributed by atoms with E-state index in [-0.39, 0.29) is 6.61 Å². The van der Waals surface area contributed by atoms with E-state index in [1.807, 2.05) is 35.9 Å². The number of para-hydroxylation sites is 1.